The van der Waals surface area contributed by atoms with E-state index in [9.17, 15) is 9.18 Å². The van der Waals surface area contributed by atoms with Crippen molar-refractivity contribution in [2.75, 3.05) is 13.1 Å². The van der Waals surface area contributed by atoms with Gasteiger partial charge in [0.05, 0.1) is 5.02 Å². The van der Waals surface area contributed by atoms with E-state index in [1.54, 1.807) is 11.0 Å². The molecule has 0 atom stereocenters. The van der Waals surface area contributed by atoms with Crippen LogP contribution in [0.2, 0.25) is 5.02 Å². The molecule has 1 heterocycles. The summed E-state index contributed by atoms with van der Waals surface area (Å²) in [6.07, 6.45) is 4.91. The van der Waals surface area contributed by atoms with E-state index in [0.29, 0.717) is 5.02 Å². The fourth-order valence-electron chi connectivity index (χ4n) is 1.87. The summed E-state index contributed by atoms with van der Waals surface area (Å²) in [7, 11) is 0. The number of likely N-dealkylation sites (tertiary alicyclic amines) is 1. The van der Waals surface area contributed by atoms with Crippen LogP contribution in [0.1, 0.15) is 18.4 Å². The van der Waals surface area contributed by atoms with Crippen molar-refractivity contribution in [3.63, 3.8) is 0 Å². The number of carbonyl (C=O) groups excluding carboxylic acids is 1. The first-order valence-corrected chi connectivity index (χ1v) is 5.97. The number of benzene rings is 1. The van der Waals surface area contributed by atoms with Gasteiger partial charge in [-0.15, -0.1) is 0 Å². The van der Waals surface area contributed by atoms with E-state index in [4.69, 9.17) is 11.6 Å². The SMILES string of the molecule is O=C(C=Cc1c(F)cccc1Cl)N1CCCC1. The highest BCUT2D eigenvalue weighted by Gasteiger charge is 2.15. The van der Waals surface area contributed by atoms with Crippen molar-refractivity contribution >= 4 is 23.6 Å². The smallest absolute Gasteiger partial charge is 0.246 e. The van der Waals surface area contributed by atoms with Crippen molar-refractivity contribution in [2.24, 2.45) is 0 Å². The van der Waals surface area contributed by atoms with Gasteiger partial charge in [-0.25, -0.2) is 4.39 Å². The van der Waals surface area contributed by atoms with Crippen LogP contribution in [-0.2, 0) is 4.79 Å². The van der Waals surface area contributed by atoms with Gasteiger partial charge in [0.15, 0.2) is 0 Å². The minimum Gasteiger partial charge on any atom is -0.339 e. The molecule has 0 saturated carbocycles. The Balaban J connectivity index is 2.12. The second-order valence-electron chi connectivity index (χ2n) is 4.00. The Morgan fingerprint density at radius 1 is 1.35 bits per heavy atom. The van der Waals surface area contributed by atoms with E-state index in [-0.39, 0.29) is 11.5 Å². The lowest BCUT2D eigenvalue weighted by Crippen LogP contribution is -2.25. The highest BCUT2D eigenvalue weighted by atomic mass is 35.5. The summed E-state index contributed by atoms with van der Waals surface area (Å²) in [5.41, 5.74) is 0.265. The summed E-state index contributed by atoms with van der Waals surface area (Å²) in [4.78, 5) is 13.5. The highest BCUT2D eigenvalue weighted by molar-refractivity contribution is 6.32. The quantitative estimate of drug-likeness (QED) is 0.742. The molecule has 17 heavy (non-hydrogen) atoms. The third-order valence-electron chi connectivity index (χ3n) is 2.81. The molecular weight excluding hydrogens is 241 g/mol. The van der Waals surface area contributed by atoms with Crippen LogP contribution in [0.5, 0.6) is 0 Å². The van der Waals surface area contributed by atoms with Crippen molar-refractivity contribution < 1.29 is 9.18 Å². The molecule has 1 amide bonds. The van der Waals surface area contributed by atoms with E-state index in [1.165, 1.54) is 24.3 Å². The van der Waals surface area contributed by atoms with Gasteiger partial charge < -0.3 is 4.90 Å². The lowest BCUT2D eigenvalue weighted by Gasteiger charge is -2.11. The molecule has 0 aromatic heterocycles. The Labute approximate surface area is 105 Å². The number of rotatable bonds is 2. The fraction of sp³-hybridized carbons (Fsp3) is 0.308. The van der Waals surface area contributed by atoms with Crippen LogP contribution in [0.15, 0.2) is 24.3 Å². The third-order valence-corrected chi connectivity index (χ3v) is 3.14. The predicted molar refractivity (Wildman–Crippen MR) is 66.3 cm³/mol. The monoisotopic (exact) mass is 253 g/mol. The van der Waals surface area contributed by atoms with Crippen molar-refractivity contribution in [3.05, 3.63) is 40.7 Å². The lowest BCUT2D eigenvalue weighted by atomic mass is 10.2. The summed E-state index contributed by atoms with van der Waals surface area (Å²) in [5.74, 6) is -0.496. The van der Waals surface area contributed by atoms with Gasteiger partial charge in [0, 0.05) is 24.7 Å². The van der Waals surface area contributed by atoms with Crippen molar-refractivity contribution in [2.45, 2.75) is 12.8 Å². The molecule has 0 unspecified atom stereocenters. The Morgan fingerprint density at radius 3 is 2.71 bits per heavy atom. The molecule has 0 spiro atoms. The topological polar surface area (TPSA) is 20.3 Å². The van der Waals surface area contributed by atoms with Gasteiger partial charge in [-0.2, -0.15) is 0 Å². The predicted octanol–water partition coefficient (Wildman–Crippen LogP) is 3.11. The second kappa shape index (κ2) is 5.32. The minimum absolute atomic E-state index is 0.0816. The van der Waals surface area contributed by atoms with Gasteiger partial charge in [0.1, 0.15) is 5.82 Å². The maximum absolute atomic E-state index is 13.4. The molecule has 1 saturated heterocycles. The van der Waals surface area contributed by atoms with Crippen molar-refractivity contribution in [3.8, 4) is 0 Å². The van der Waals surface area contributed by atoms with E-state index >= 15 is 0 Å². The molecule has 0 aliphatic carbocycles. The first-order chi connectivity index (χ1) is 8.18. The van der Waals surface area contributed by atoms with E-state index in [0.717, 1.165) is 25.9 Å². The van der Waals surface area contributed by atoms with E-state index in [2.05, 4.69) is 0 Å². The molecule has 4 heteroatoms. The van der Waals surface area contributed by atoms with Crippen LogP contribution in [0.3, 0.4) is 0 Å². The summed E-state index contributed by atoms with van der Waals surface area (Å²) >= 11 is 5.86. The highest BCUT2D eigenvalue weighted by Crippen LogP contribution is 2.20. The zero-order chi connectivity index (χ0) is 12.3. The Hall–Kier alpha value is -1.35. The van der Waals surface area contributed by atoms with Gasteiger partial charge >= 0.3 is 0 Å². The number of amides is 1. The van der Waals surface area contributed by atoms with Crippen molar-refractivity contribution in [1.82, 2.24) is 4.90 Å². The summed E-state index contributed by atoms with van der Waals surface area (Å²) in [6.45, 7) is 1.57. The number of carbonyl (C=O) groups is 1. The maximum atomic E-state index is 13.4. The molecule has 0 bridgehead atoms. The zero-order valence-electron chi connectivity index (χ0n) is 9.33. The molecule has 90 valence electrons. The average Bonchev–Trinajstić information content (AvgIpc) is 2.81. The normalized spacial score (nSPS) is 15.8. The second-order valence-corrected chi connectivity index (χ2v) is 4.41. The van der Waals surface area contributed by atoms with Gasteiger partial charge in [-0.1, -0.05) is 17.7 Å². The Kier molecular flexibility index (Phi) is 3.79. The average molecular weight is 254 g/mol. The van der Waals surface area contributed by atoms with Crippen LogP contribution < -0.4 is 0 Å². The molecule has 1 aromatic carbocycles. The summed E-state index contributed by atoms with van der Waals surface area (Å²) in [6, 6.07) is 4.47. The van der Waals surface area contributed by atoms with Crippen LogP contribution in [-0.4, -0.2) is 23.9 Å². The summed E-state index contributed by atoms with van der Waals surface area (Å²) < 4.78 is 13.4. The van der Waals surface area contributed by atoms with Crippen molar-refractivity contribution in [1.29, 1.82) is 0 Å². The van der Waals surface area contributed by atoms with E-state index in [1.807, 2.05) is 0 Å². The number of nitrogens with zero attached hydrogens (tertiary/aromatic N) is 1. The third kappa shape index (κ3) is 2.86. The molecule has 1 aliphatic rings. The molecule has 1 aliphatic heterocycles. The zero-order valence-corrected chi connectivity index (χ0v) is 10.1. The molecule has 2 nitrogen and oxygen atoms in total. The Bertz CT molecular complexity index is 432. The van der Waals surface area contributed by atoms with Gasteiger partial charge in [-0.05, 0) is 31.1 Å². The fourth-order valence-corrected chi connectivity index (χ4v) is 2.09. The molecule has 1 fully saturated rings. The van der Waals surface area contributed by atoms with Crippen LogP contribution >= 0.6 is 11.6 Å². The number of halogens is 2. The van der Waals surface area contributed by atoms with Gasteiger partial charge in [0.25, 0.3) is 0 Å². The largest absolute Gasteiger partial charge is 0.339 e. The van der Waals surface area contributed by atoms with E-state index < -0.39 is 5.82 Å². The minimum atomic E-state index is -0.414. The Morgan fingerprint density at radius 2 is 2.06 bits per heavy atom. The number of hydrogen-bond acceptors (Lipinski definition) is 1. The first kappa shape index (κ1) is 12.1. The first-order valence-electron chi connectivity index (χ1n) is 5.59. The molecule has 0 N–H and O–H groups in total. The molecular formula is C13H13ClFNO. The molecule has 1 aromatic rings. The lowest BCUT2D eigenvalue weighted by molar-refractivity contribution is -0.124. The van der Waals surface area contributed by atoms with Crippen LogP contribution in [0.25, 0.3) is 6.08 Å². The maximum Gasteiger partial charge on any atom is 0.246 e. The molecule has 2 rings (SSSR count). The van der Waals surface area contributed by atoms with Crippen LogP contribution in [0, 0.1) is 5.82 Å². The standard InChI is InChI=1S/C13H13ClFNO/c14-11-4-3-5-12(15)10(11)6-7-13(17)16-8-1-2-9-16/h3-7H,1-2,8-9H2. The number of hydrogen-bond donors (Lipinski definition) is 0. The molecule has 0 radical (unpaired) electrons. The van der Waals surface area contributed by atoms with Crippen LogP contribution in [0.4, 0.5) is 4.39 Å². The van der Waals surface area contributed by atoms with Gasteiger partial charge in [0.2, 0.25) is 5.91 Å². The summed E-state index contributed by atoms with van der Waals surface area (Å²) in [5, 5.41) is 0.315. The van der Waals surface area contributed by atoms with Gasteiger partial charge in [-0.3, -0.25) is 4.79 Å².